The predicted octanol–water partition coefficient (Wildman–Crippen LogP) is 3.10. The van der Waals surface area contributed by atoms with Gasteiger partial charge < -0.3 is 10.4 Å². The van der Waals surface area contributed by atoms with Crippen molar-refractivity contribution in [2.75, 3.05) is 6.54 Å². The maximum absolute atomic E-state index is 10.1. The Balaban J connectivity index is 0.000000188. The van der Waals surface area contributed by atoms with Crippen molar-refractivity contribution in [1.29, 1.82) is 0 Å². The van der Waals surface area contributed by atoms with Crippen LogP contribution >= 0.6 is 21.6 Å². The van der Waals surface area contributed by atoms with E-state index in [4.69, 9.17) is 5.11 Å². The lowest BCUT2D eigenvalue weighted by Crippen LogP contribution is -2.29. The maximum Gasteiger partial charge on any atom is 0.320 e. The van der Waals surface area contributed by atoms with Crippen LogP contribution in [-0.2, 0) is 4.79 Å². The molecule has 3 rings (SSSR count). The number of nitrogens with one attached hydrogen (secondary N) is 1. The molecule has 2 aromatic rings. The van der Waals surface area contributed by atoms with Gasteiger partial charge in [0.1, 0.15) is 16.1 Å². The Labute approximate surface area is 137 Å². The largest absolute Gasteiger partial charge is 0.480 e. The first-order chi connectivity index (χ1) is 10.8. The first kappa shape index (κ1) is 16.8. The molecule has 3 heterocycles. The van der Waals surface area contributed by atoms with E-state index in [9.17, 15) is 4.79 Å². The molecule has 0 bridgehead atoms. The zero-order valence-corrected chi connectivity index (χ0v) is 13.5. The minimum absolute atomic E-state index is 0.269. The van der Waals surface area contributed by atoms with Crippen molar-refractivity contribution in [3.8, 4) is 0 Å². The van der Waals surface area contributed by atoms with Gasteiger partial charge in [-0.15, -0.1) is 0 Å². The summed E-state index contributed by atoms with van der Waals surface area (Å²) >= 11 is 0. The van der Waals surface area contributed by atoms with Crippen LogP contribution in [0.15, 0.2) is 58.8 Å². The smallest absolute Gasteiger partial charge is 0.320 e. The van der Waals surface area contributed by atoms with E-state index in [0.717, 1.165) is 29.4 Å². The molecule has 1 atom stereocenters. The maximum atomic E-state index is 10.1. The lowest BCUT2D eigenvalue weighted by Gasteiger charge is -1.99. The van der Waals surface area contributed by atoms with Crippen LogP contribution in [0.3, 0.4) is 0 Å². The highest BCUT2D eigenvalue weighted by Crippen LogP contribution is 2.34. The molecule has 0 aromatic carbocycles. The molecule has 0 unspecified atom stereocenters. The summed E-state index contributed by atoms with van der Waals surface area (Å²) in [6.07, 6.45) is 5.37. The van der Waals surface area contributed by atoms with Crippen molar-refractivity contribution in [3.05, 3.63) is 48.8 Å². The van der Waals surface area contributed by atoms with E-state index >= 15 is 0 Å². The van der Waals surface area contributed by atoms with Crippen molar-refractivity contribution in [2.24, 2.45) is 0 Å². The average molecular weight is 335 g/mol. The van der Waals surface area contributed by atoms with E-state index in [0.29, 0.717) is 0 Å². The van der Waals surface area contributed by atoms with Crippen LogP contribution in [0.2, 0.25) is 0 Å². The number of rotatable bonds is 4. The van der Waals surface area contributed by atoms with Crippen molar-refractivity contribution in [1.82, 2.24) is 15.3 Å². The van der Waals surface area contributed by atoms with Gasteiger partial charge in [0.2, 0.25) is 0 Å². The van der Waals surface area contributed by atoms with E-state index < -0.39 is 5.97 Å². The van der Waals surface area contributed by atoms with Crippen LogP contribution < -0.4 is 5.32 Å². The minimum atomic E-state index is -0.720. The summed E-state index contributed by atoms with van der Waals surface area (Å²) in [6, 6.07) is 11.5. The molecule has 0 radical (unpaired) electrons. The summed E-state index contributed by atoms with van der Waals surface area (Å²) in [6.45, 7) is 0.858. The van der Waals surface area contributed by atoms with Crippen LogP contribution in [0, 0.1) is 0 Å². The number of carboxylic acids is 1. The molecule has 1 fully saturated rings. The van der Waals surface area contributed by atoms with Crippen LogP contribution in [0.25, 0.3) is 0 Å². The normalized spacial score (nSPS) is 16.6. The van der Waals surface area contributed by atoms with Gasteiger partial charge in [-0.05, 0) is 65.2 Å². The molecule has 2 aromatic heterocycles. The average Bonchev–Trinajstić information content (AvgIpc) is 3.10. The summed E-state index contributed by atoms with van der Waals surface area (Å²) in [5.41, 5.74) is 0. The second kappa shape index (κ2) is 9.45. The Morgan fingerprint density at radius 2 is 1.68 bits per heavy atom. The lowest BCUT2D eigenvalue weighted by molar-refractivity contribution is -0.139. The number of carbonyl (C=O) groups is 1. The van der Waals surface area contributed by atoms with Gasteiger partial charge in [0.15, 0.2) is 0 Å². The fourth-order valence-corrected chi connectivity index (χ4v) is 3.52. The topological polar surface area (TPSA) is 75.1 Å². The van der Waals surface area contributed by atoms with Gasteiger partial charge in [-0.2, -0.15) is 0 Å². The van der Waals surface area contributed by atoms with Crippen molar-refractivity contribution in [3.63, 3.8) is 0 Å². The third kappa shape index (κ3) is 6.05. The number of aliphatic carboxylic acids is 1. The summed E-state index contributed by atoms with van der Waals surface area (Å²) in [4.78, 5) is 18.6. The number of aromatic nitrogens is 2. The first-order valence-corrected chi connectivity index (χ1v) is 9.03. The van der Waals surface area contributed by atoms with Crippen LogP contribution in [0.4, 0.5) is 0 Å². The summed E-state index contributed by atoms with van der Waals surface area (Å²) in [5.74, 6) is -0.720. The molecule has 0 aliphatic carbocycles. The molecular weight excluding hydrogens is 318 g/mol. The van der Waals surface area contributed by atoms with E-state index in [2.05, 4.69) is 15.3 Å². The molecule has 7 heteroatoms. The van der Waals surface area contributed by atoms with Crippen LogP contribution in [-0.4, -0.2) is 33.6 Å². The SMILES string of the molecule is O=C(O)[C@@H]1CCCN1.c1ccc(SSc2ccccn2)nc1. The van der Waals surface area contributed by atoms with Crippen molar-refractivity contribution in [2.45, 2.75) is 28.9 Å². The monoisotopic (exact) mass is 335 g/mol. The third-order valence-corrected chi connectivity index (χ3v) is 5.03. The number of nitrogens with zero attached hydrogens (tertiary/aromatic N) is 2. The van der Waals surface area contributed by atoms with Gasteiger partial charge in [-0.1, -0.05) is 12.1 Å². The Morgan fingerprint density at radius 3 is 2.00 bits per heavy atom. The zero-order chi connectivity index (χ0) is 15.6. The first-order valence-electron chi connectivity index (χ1n) is 6.88. The van der Waals surface area contributed by atoms with Crippen molar-refractivity contribution >= 4 is 27.6 Å². The molecule has 2 N–H and O–H groups in total. The number of pyridine rings is 2. The Bertz CT molecular complexity index is 524. The van der Waals surface area contributed by atoms with Gasteiger partial charge >= 0.3 is 5.97 Å². The number of hydrogen-bond donors (Lipinski definition) is 2. The lowest BCUT2D eigenvalue weighted by atomic mass is 10.2. The van der Waals surface area contributed by atoms with E-state index in [1.165, 1.54) is 0 Å². The summed E-state index contributed by atoms with van der Waals surface area (Å²) in [5, 5.41) is 13.2. The second-order valence-corrected chi connectivity index (χ2v) is 6.66. The Hall–Kier alpha value is -1.57. The summed E-state index contributed by atoms with van der Waals surface area (Å²) < 4.78 is 0. The molecule has 5 nitrogen and oxygen atoms in total. The molecule has 0 amide bonds. The molecule has 1 aliphatic heterocycles. The highest BCUT2D eigenvalue weighted by atomic mass is 33.1. The van der Waals surface area contributed by atoms with E-state index in [1.807, 2.05) is 36.4 Å². The molecular formula is C15H17N3O2S2. The van der Waals surface area contributed by atoms with Gasteiger partial charge in [0, 0.05) is 12.4 Å². The molecule has 22 heavy (non-hydrogen) atoms. The molecule has 1 saturated heterocycles. The zero-order valence-electron chi connectivity index (χ0n) is 11.9. The quantitative estimate of drug-likeness (QED) is 0.832. The van der Waals surface area contributed by atoms with E-state index in [1.54, 1.807) is 34.0 Å². The van der Waals surface area contributed by atoms with Crippen molar-refractivity contribution < 1.29 is 9.90 Å². The standard InChI is InChI=1S/C10H8N2S2.C5H9NO2/c1-3-7-11-9(5-1)13-14-10-6-2-4-8-12-10;7-5(8)4-2-1-3-6-4/h1-8H;4,6H,1-3H2,(H,7,8)/t;4-/m.0/s1. The molecule has 1 aliphatic rings. The van der Waals surface area contributed by atoms with Gasteiger partial charge in [0.25, 0.3) is 0 Å². The molecule has 0 spiro atoms. The van der Waals surface area contributed by atoms with E-state index in [-0.39, 0.29) is 6.04 Å². The predicted molar refractivity (Wildman–Crippen MR) is 88.8 cm³/mol. The van der Waals surface area contributed by atoms with Gasteiger partial charge in [-0.25, -0.2) is 9.97 Å². The van der Waals surface area contributed by atoms with Gasteiger partial charge in [-0.3, -0.25) is 4.79 Å². The second-order valence-electron chi connectivity index (χ2n) is 4.49. The fourth-order valence-electron chi connectivity index (χ4n) is 1.77. The number of carboxylic acid groups (broad SMARTS) is 1. The summed E-state index contributed by atoms with van der Waals surface area (Å²) in [7, 11) is 3.23. The third-order valence-electron chi connectivity index (χ3n) is 2.85. The number of hydrogen-bond acceptors (Lipinski definition) is 6. The van der Waals surface area contributed by atoms with Crippen LogP contribution in [0.1, 0.15) is 12.8 Å². The van der Waals surface area contributed by atoms with Gasteiger partial charge in [0.05, 0.1) is 0 Å². The minimum Gasteiger partial charge on any atom is -0.480 e. The molecule has 0 saturated carbocycles. The fraction of sp³-hybridized carbons (Fsp3) is 0.267. The Morgan fingerprint density at radius 1 is 1.09 bits per heavy atom. The Kier molecular flexibility index (Phi) is 7.21. The highest BCUT2D eigenvalue weighted by Gasteiger charge is 2.20. The highest BCUT2D eigenvalue weighted by molar-refractivity contribution is 8.76. The molecule has 116 valence electrons. The van der Waals surface area contributed by atoms with Crippen LogP contribution in [0.5, 0.6) is 0 Å².